The van der Waals surface area contributed by atoms with Gasteiger partial charge in [0.1, 0.15) is 6.61 Å². The number of esters is 2. The molecule has 326 valence electrons. The molecule has 0 radical (unpaired) electrons. The number of hydrogen-bond donors (Lipinski definition) is 1. The van der Waals surface area contributed by atoms with Gasteiger partial charge in [0.05, 0.1) is 6.61 Å². The van der Waals surface area contributed by atoms with Crippen LogP contribution in [0.3, 0.4) is 0 Å². The van der Waals surface area contributed by atoms with Gasteiger partial charge in [-0.3, -0.25) is 28.5 Å². The summed E-state index contributed by atoms with van der Waals surface area (Å²) in [4.78, 5) is 72.0. The number of carbonyl (C=O) groups is 5. The van der Waals surface area contributed by atoms with Crippen LogP contribution >= 0.6 is 7.60 Å². The van der Waals surface area contributed by atoms with Gasteiger partial charge in [-0.25, -0.2) is 9.46 Å². The molecule has 1 saturated heterocycles. The van der Waals surface area contributed by atoms with Crippen molar-refractivity contribution in [2.24, 2.45) is 0 Å². The van der Waals surface area contributed by atoms with Crippen molar-refractivity contribution in [3.63, 3.8) is 0 Å². The van der Waals surface area contributed by atoms with Crippen LogP contribution in [0.2, 0.25) is 0 Å². The van der Waals surface area contributed by atoms with Gasteiger partial charge in [-0.05, 0) is 12.8 Å². The third-order valence-corrected chi connectivity index (χ3v) is 11.8. The summed E-state index contributed by atoms with van der Waals surface area (Å²) in [6.07, 6.45) is 34.7. The molecule has 0 bridgehead atoms. The SMILES string of the molecule is CCCCCCCCCCCCCCCCCC(=O)OCC(COP(=O)(O)C(=O)N1C(=O)CCC1=O)OC(=O)CCCCCCCCCCCCCCCCC. The van der Waals surface area contributed by atoms with Crippen molar-refractivity contribution in [2.45, 2.75) is 238 Å². The van der Waals surface area contributed by atoms with Gasteiger partial charge in [0.15, 0.2) is 6.10 Å². The molecule has 0 saturated carbocycles. The largest absolute Gasteiger partial charge is 0.462 e. The van der Waals surface area contributed by atoms with Gasteiger partial charge in [-0.15, -0.1) is 0 Å². The normalized spacial score (nSPS) is 14.6. The first kappa shape index (κ1) is 51.9. The van der Waals surface area contributed by atoms with E-state index in [1.807, 2.05) is 0 Å². The Bertz CT molecular complexity index is 1100. The molecule has 1 heterocycles. The van der Waals surface area contributed by atoms with Crippen LogP contribution < -0.4 is 0 Å². The summed E-state index contributed by atoms with van der Waals surface area (Å²) < 4.78 is 28.5. The molecule has 1 rings (SSSR count). The van der Waals surface area contributed by atoms with Crippen LogP contribution in [0, 0.1) is 0 Å². The molecule has 1 aliphatic rings. The van der Waals surface area contributed by atoms with Crippen LogP contribution in [0.15, 0.2) is 0 Å². The second kappa shape index (κ2) is 34.9. The highest BCUT2D eigenvalue weighted by Gasteiger charge is 2.45. The minimum Gasteiger partial charge on any atom is -0.462 e. The number of nitrogens with zero attached hydrogens (tertiary/aromatic N) is 1. The Hall–Kier alpha value is -2.10. The van der Waals surface area contributed by atoms with E-state index in [9.17, 15) is 33.4 Å². The van der Waals surface area contributed by atoms with Gasteiger partial charge in [0, 0.05) is 25.7 Å². The molecule has 12 heteroatoms. The van der Waals surface area contributed by atoms with E-state index in [0.717, 1.165) is 38.5 Å². The summed E-state index contributed by atoms with van der Waals surface area (Å²) in [6, 6.07) is 0. The summed E-state index contributed by atoms with van der Waals surface area (Å²) in [5.74, 6) is -2.82. The quantitative estimate of drug-likeness (QED) is 0.0274. The first-order chi connectivity index (χ1) is 27.1. The molecule has 1 N–H and O–H groups in total. The van der Waals surface area contributed by atoms with E-state index in [2.05, 4.69) is 13.8 Å². The van der Waals surface area contributed by atoms with Gasteiger partial charge < -0.3 is 14.4 Å². The maximum absolute atomic E-state index is 12.7. The molecule has 56 heavy (non-hydrogen) atoms. The number of amides is 3. The average Bonchev–Trinajstić information content (AvgIpc) is 3.52. The lowest BCUT2D eigenvalue weighted by atomic mass is 10.0. The predicted octanol–water partition coefficient (Wildman–Crippen LogP) is 12.4. The molecule has 1 fully saturated rings. The maximum Gasteiger partial charge on any atom is 0.416 e. The topological polar surface area (TPSA) is 154 Å². The van der Waals surface area contributed by atoms with Crippen molar-refractivity contribution in [2.75, 3.05) is 13.2 Å². The lowest BCUT2D eigenvalue weighted by Gasteiger charge is -2.21. The summed E-state index contributed by atoms with van der Waals surface area (Å²) in [5, 5.41) is 0. The summed E-state index contributed by atoms with van der Waals surface area (Å²) in [6.45, 7) is 3.34. The molecule has 0 aromatic heterocycles. The molecule has 2 unspecified atom stereocenters. The lowest BCUT2D eigenvalue weighted by Crippen LogP contribution is -2.35. The Labute approximate surface area is 340 Å². The second-order valence-corrected chi connectivity index (χ2v) is 17.6. The number of likely N-dealkylation sites (tertiary alicyclic amines) is 1. The van der Waals surface area contributed by atoms with Crippen molar-refractivity contribution in [3.8, 4) is 0 Å². The smallest absolute Gasteiger partial charge is 0.416 e. The van der Waals surface area contributed by atoms with Crippen LogP contribution in [0.5, 0.6) is 0 Å². The van der Waals surface area contributed by atoms with Crippen LogP contribution in [0.4, 0.5) is 4.79 Å². The number of carbonyl (C=O) groups excluding carboxylic acids is 5. The van der Waals surface area contributed by atoms with Crippen molar-refractivity contribution in [1.82, 2.24) is 4.90 Å². The molecule has 0 aromatic carbocycles. The highest BCUT2D eigenvalue weighted by atomic mass is 31.2. The zero-order valence-corrected chi connectivity index (χ0v) is 36.4. The fraction of sp³-hybridized carbons (Fsp3) is 0.886. The zero-order valence-electron chi connectivity index (χ0n) is 35.5. The maximum atomic E-state index is 12.7. The van der Waals surface area contributed by atoms with Crippen LogP contribution in [0.25, 0.3) is 0 Å². The standard InChI is InChI=1S/C44H80NO10P/c1-3-5-7-9-11-13-15-17-19-21-23-25-27-29-31-33-42(48)53-37-39(38-54-56(51,52)44(50)45-40(46)35-36-41(45)47)55-43(49)34-32-30-28-26-24-22-20-18-16-14-12-10-8-6-4-2/h39H,3-38H2,1-2H3,(H,51,52). The predicted molar refractivity (Wildman–Crippen MR) is 222 cm³/mol. The number of imide groups is 3. The van der Waals surface area contributed by atoms with E-state index in [1.165, 1.54) is 141 Å². The van der Waals surface area contributed by atoms with Gasteiger partial charge >= 0.3 is 25.2 Å². The first-order valence-corrected chi connectivity index (χ1v) is 24.4. The van der Waals surface area contributed by atoms with E-state index in [1.54, 1.807) is 0 Å². The van der Waals surface area contributed by atoms with Crippen molar-refractivity contribution in [1.29, 1.82) is 0 Å². The molecular weight excluding hydrogens is 733 g/mol. The molecule has 3 amide bonds. The summed E-state index contributed by atoms with van der Waals surface area (Å²) in [5.41, 5.74) is -1.64. The minimum absolute atomic E-state index is 0.119. The van der Waals surface area contributed by atoms with Gasteiger partial charge in [0.2, 0.25) is 11.8 Å². The molecule has 2 atom stereocenters. The minimum atomic E-state index is -5.14. The highest BCUT2D eigenvalue weighted by molar-refractivity contribution is 7.71. The highest BCUT2D eigenvalue weighted by Crippen LogP contribution is 2.46. The lowest BCUT2D eigenvalue weighted by molar-refractivity contribution is -0.161. The number of hydrogen-bond acceptors (Lipinski definition) is 9. The van der Waals surface area contributed by atoms with Crippen LogP contribution in [-0.2, 0) is 37.7 Å². The van der Waals surface area contributed by atoms with Gasteiger partial charge in [-0.2, -0.15) is 0 Å². The first-order valence-electron chi connectivity index (χ1n) is 22.8. The second-order valence-electron chi connectivity index (χ2n) is 15.9. The van der Waals surface area contributed by atoms with Gasteiger partial charge in [-0.1, -0.05) is 194 Å². The van der Waals surface area contributed by atoms with Crippen LogP contribution in [-0.4, -0.2) is 58.5 Å². The third kappa shape index (κ3) is 27.5. The Morgan fingerprint density at radius 3 is 1.21 bits per heavy atom. The van der Waals surface area contributed by atoms with Crippen LogP contribution in [0.1, 0.15) is 232 Å². The van der Waals surface area contributed by atoms with Gasteiger partial charge in [0.25, 0.3) is 0 Å². The number of rotatable bonds is 39. The molecule has 1 aliphatic heterocycles. The zero-order chi connectivity index (χ0) is 41.1. The summed E-state index contributed by atoms with van der Waals surface area (Å²) >= 11 is 0. The average molecular weight is 814 g/mol. The molecule has 0 aliphatic carbocycles. The van der Waals surface area contributed by atoms with E-state index in [0.29, 0.717) is 12.8 Å². The number of ether oxygens (including phenoxy) is 2. The third-order valence-electron chi connectivity index (χ3n) is 10.6. The van der Waals surface area contributed by atoms with Crippen molar-refractivity contribution in [3.05, 3.63) is 0 Å². The molecule has 0 spiro atoms. The van der Waals surface area contributed by atoms with E-state index in [4.69, 9.17) is 14.0 Å². The Morgan fingerprint density at radius 1 is 0.536 bits per heavy atom. The Kier molecular flexibility index (Phi) is 32.4. The van der Waals surface area contributed by atoms with Crippen molar-refractivity contribution < 1.29 is 47.4 Å². The van der Waals surface area contributed by atoms with E-state index >= 15 is 0 Å². The molecule has 11 nitrogen and oxygen atoms in total. The molecule has 0 aromatic rings. The monoisotopic (exact) mass is 814 g/mol. The van der Waals surface area contributed by atoms with Crippen molar-refractivity contribution >= 4 is 37.0 Å². The van der Waals surface area contributed by atoms with E-state index in [-0.39, 0.29) is 30.6 Å². The number of unbranched alkanes of at least 4 members (excludes halogenated alkanes) is 28. The van der Waals surface area contributed by atoms with E-state index < -0.39 is 56.3 Å². The molecular formula is C44H80NO10P. The fourth-order valence-corrected chi connectivity index (χ4v) is 8.01. The Morgan fingerprint density at radius 2 is 0.857 bits per heavy atom. The Balaban J connectivity index is 2.35. The fourth-order valence-electron chi connectivity index (χ4n) is 7.06. The summed E-state index contributed by atoms with van der Waals surface area (Å²) in [7, 11) is -5.14.